The van der Waals surface area contributed by atoms with Crippen LogP contribution in [0.25, 0.3) is 0 Å². The molecular formula is C26H33N3O5. The van der Waals surface area contributed by atoms with E-state index in [9.17, 15) is 19.5 Å². The Balaban J connectivity index is 2.40. The molecule has 182 valence electrons. The van der Waals surface area contributed by atoms with Crippen molar-refractivity contribution in [3.8, 4) is 0 Å². The van der Waals surface area contributed by atoms with Gasteiger partial charge in [-0.25, -0.2) is 4.79 Å². The Morgan fingerprint density at radius 3 is 2.26 bits per heavy atom. The van der Waals surface area contributed by atoms with E-state index in [4.69, 9.17) is 4.74 Å². The molecule has 34 heavy (non-hydrogen) atoms. The highest BCUT2D eigenvalue weighted by Gasteiger charge is 2.35. The summed E-state index contributed by atoms with van der Waals surface area (Å²) in [6.07, 6.45) is 0.635. The number of amides is 3. The number of aliphatic hydroxyl groups is 1. The summed E-state index contributed by atoms with van der Waals surface area (Å²) in [6, 6.07) is 13.8. The van der Waals surface area contributed by atoms with E-state index in [1.807, 2.05) is 19.1 Å². The molecule has 2 aromatic carbocycles. The molecule has 8 heteroatoms. The highest BCUT2D eigenvalue weighted by molar-refractivity contribution is 5.99. The Labute approximate surface area is 200 Å². The van der Waals surface area contributed by atoms with Crippen LogP contribution in [0.1, 0.15) is 37.9 Å². The van der Waals surface area contributed by atoms with Gasteiger partial charge in [-0.15, -0.1) is 6.58 Å². The number of alkyl carbamates (subject to hydrolysis) is 1. The van der Waals surface area contributed by atoms with E-state index in [1.54, 1.807) is 63.2 Å². The molecule has 8 nitrogen and oxygen atoms in total. The number of aryl methyl sites for hydroxylation is 1. The van der Waals surface area contributed by atoms with Gasteiger partial charge in [0, 0.05) is 12.2 Å². The maximum atomic E-state index is 13.5. The third kappa shape index (κ3) is 7.45. The van der Waals surface area contributed by atoms with Gasteiger partial charge in [0.1, 0.15) is 17.7 Å². The van der Waals surface area contributed by atoms with Gasteiger partial charge in [-0.3, -0.25) is 9.59 Å². The SMILES string of the molecule is C=CCN(C(=O)C(CO)NC(=O)OC(C)(C)C)C(C(=O)Nc1ccccc1C)c1ccccc1. The van der Waals surface area contributed by atoms with Gasteiger partial charge in [-0.2, -0.15) is 0 Å². The molecule has 0 heterocycles. The second-order valence-corrected chi connectivity index (χ2v) is 8.78. The Hall–Kier alpha value is -3.65. The molecule has 0 bridgehead atoms. The normalized spacial score (nSPS) is 12.7. The molecule has 2 rings (SSSR count). The number of hydrogen-bond acceptors (Lipinski definition) is 5. The number of carbonyl (C=O) groups is 3. The van der Waals surface area contributed by atoms with Crippen LogP contribution in [0.3, 0.4) is 0 Å². The number of nitrogens with zero attached hydrogens (tertiary/aromatic N) is 1. The number of carbonyl (C=O) groups excluding carboxylic acids is 3. The van der Waals surface area contributed by atoms with Crippen LogP contribution in [-0.2, 0) is 14.3 Å². The van der Waals surface area contributed by atoms with Crippen LogP contribution in [0.4, 0.5) is 10.5 Å². The summed E-state index contributed by atoms with van der Waals surface area (Å²) in [5, 5.41) is 15.2. The third-order valence-corrected chi connectivity index (χ3v) is 4.86. The summed E-state index contributed by atoms with van der Waals surface area (Å²) in [5.74, 6) is -1.09. The summed E-state index contributed by atoms with van der Waals surface area (Å²) in [6.45, 7) is 9.97. The maximum absolute atomic E-state index is 13.5. The zero-order valence-electron chi connectivity index (χ0n) is 20.1. The molecule has 0 aliphatic rings. The number of hydrogen-bond donors (Lipinski definition) is 3. The first-order valence-electron chi connectivity index (χ1n) is 11.0. The highest BCUT2D eigenvalue weighted by atomic mass is 16.6. The lowest BCUT2D eigenvalue weighted by molar-refractivity contribution is -0.140. The Bertz CT molecular complexity index is 1000. The lowest BCUT2D eigenvalue weighted by Gasteiger charge is -2.33. The lowest BCUT2D eigenvalue weighted by Crippen LogP contribution is -2.53. The Morgan fingerprint density at radius 1 is 1.09 bits per heavy atom. The lowest BCUT2D eigenvalue weighted by atomic mass is 10.0. The van der Waals surface area contributed by atoms with Crippen molar-refractivity contribution in [3.05, 3.63) is 78.4 Å². The van der Waals surface area contributed by atoms with Gasteiger partial charge in [0.2, 0.25) is 5.91 Å². The van der Waals surface area contributed by atoms with Crippen molar-refractivity contribution in [1.29, 1.82) is 0 Å². The van der Waals surface area contributed by atoms with E-state index in [-0.39, 0.29) is 6.54 Å². The van der Waals surface area contributed by atoms with Crippen LogP contribution >= 0.6 is 0 Å². The Morgan fingerprint density at radius 2 is 1.71 bits per heavy atom. The number of aliphatic hydroxyl groups excluding tert-OH is 1. The molecule has 0 aliphatic carbocycles. The quantitative estimate of drug-likeness (QED) is 0.489. The Kier molecular flexibility index (Phi) is 9.38. The number of benzene rings is 2. The standard InChI is InChI=1S/C26H33N3O5/c1-6-16-29(24(32)21(17-30)28-25(33)34-26(3,4)5)22(19-13-8-7-9-14-19)23(31)27-20-15-11-10-12-18(20)2/h6-15,21-22,30H,1,16-17H2,2-5H3,(H,27,31)(H,28,33). The van der Waals surface area contributed by atoms with Crippen molar-refractivity contribution in [3.63, 3.8) is 0 Å². The fourth-order valence-electron chi connectivity index (χ4n) is 3.32. The van der Waals surface area contributed by atoms with Crippen LogP contribution in [-0.4, -0.2) is 52.7 Å². The largest absolute Gasteiger partial charge is 0.444 e. The van der Waals surface area contributed by atoms with Crippen molar-refractivity contribution in [2.45, 2.75) is 45.4 Å². The minimum atomic E-state index is -1.31. The fraction of sp³-hybridized carbons (Fsp3) is 0.346. The van der Waals surface area contributed by atoms with E-state index in [1.165, 1.54) is 11.0 Å². The molecule has 0 fully saturated rings. The number of nitrogens with one attached hydrogen (secondary N) is 2. The minimum Gasteiger partial charge on any atom is -0.444 e. The predicted molar refractivity (Wildman–Crippen MR) is 131 cm³/mol. The second kappa shape index (κ2) is 12.0. The average Bonchev–Trinajstić information content (AvgIpc) is 2.78. The van der Waals surface area contributed by atoms with Crippen molar-refractivity contribution in [1.82, 2.24) is 10.2 Å². The molecule has 0 aliphatic heterocycles. The van der Waals surface area contributed by atoms with Crippen LogP contribution in [0.2, 0.25) is 0 Å². The highest BCUT2D eigenvalue weighted by Crippen LogP contribution is 2.25. The molecule has 2 unspecified atom stereocenters. The molecule has 0 aromatic heterocycles. The molecule has 0 saturated heterocycles. The molecule has 3 N–H and O–H groups in total. The van der Waals surface area contributed by atoms with E-state index in [0.717, 1.165) is 5.56 Å². The van der Waals surface area contributed by atoms with Crippen molar-refractivity contribution in [2.75, 3.05) is 18.5 Å². The summed E-state index contributed by atoms with van der Waals surface area (Å²) < 4.78 is 5.21. The number of ether oxygens (including phenoxy) is 1. The van der Waals surface area contributed by atoms with E-state index >= 15 is 0 Å². The second-order valence-electron chi connectivity index (χ2n) is 8.78. The van der Waals surface area contributed by atoms with Gasteiger partial charge in [-0.1, -0.05) is 54.6 Å². The van der Waals surface area contributed by atoms with E-state index in [0.29, 0.717) is 11.3 Å². The van der Waals surface area contributed by atoms with Crippen molar-refractivity contribution < 1.29 is 24.2 Å². The summed E-state index contributed by atoms with van der Waals surface area (Å²) in [5.41, 5.74) is 1.26. The van der Waals surface area contributed by atoms with Gasteiger partial charge in [0.25, 0.3) is 5.91 Å². The molecular weight excluding hydrogens is 434 g/mol. The number of rotatable bonds is 9. The maximum Gasteiger partial charge on any atom is 0.408 e. The first-order chi connectivity index (χ1) is 16.1. The smallest absolute Gasteiger partial charge is 0.408 e. The van der Waals surface area contributed by atoms with Crippen molar-refractivity contribution in [2.24, 2.45) is 0 Å². The molecule has 0 radical (unpaired) electrons. The first kappa shape index (κ1) is 26.6. The molecule has 0 spiro atoms. The molecule has 2 aromatic rings. The van der Waals surface area contributed by atoms with Gasteiger partial charge in [-0.05, 0) is 44.9 Å². The van der Waals surface area contributed by atoms with Crippen LogP contribution in [0.15, 0.2) is 67.3 Å². The third-order valence-electron chi connectivity index (χ3n) is 4.86. The number of para-hydroxylation sites is 1. The van der Waals surface area contributed by atoms with E-state index < -0.39 is 42.2 Å². The van der Waals surface area contributed by atoms with Crippen molar-refractivity contribution >= 4 is 23.6 Å². The van der Waals surface area contributed by atoms with Crippen LogP contribution in [0.5, 0.6) is 0 Å². The summed E-state index contributed by atoms with van der Waals surface area (Å²) >= 11 is 0. The average molecular weight is 468 g/mol. The van der Waals surface area contributed by atoms with Gasteiger partial charge in [0.15, 0.2) is 0 Å². The van der Waals surface area contributed by atoms with E-state index in [2.05, 4.69) is 17.2 Å². The predicted octanol–water partition coefficient (Wildman–Crippen LogP) is 3.58. The zero-order valence-corrected chi connectivity index (χ0v) is 20.1. The number of anilines is 1. The zero-order chi connectivity index (χ0) is 25.3. The van der Waals surface area contributed by atoms with Gasteiger partial charge >= 0.3 is 6.09 Å². The summed E-state index contributed by atoms with van der Waals surface area (Å²) in [7, 11) is 0. The minimum absolute atomic E-state index is 0.00604. The summed E-state index contributed by atoms with van der Waals surface area (Å²) in [4.78, 5) is 40.5. The van der Waals surface area contributed by atoms with Gasteiger partial charge < -0.3 is 25.4 Å². The molecule has 2 atom stereocenters. The van der Waals surface area contributed by atoms with Crippen LogP contribution < -0.4 is 10.6 Å². The molecule has 3 amide bonds. The topological polar surface area (TPSA) is 108 Å². The fourth-order valence-corrected chi connectivity index (χ4v) is 3.32. The van der Waals surface area contributed by atoms with Crippen LogP contribution in [0, 0.1) is 6.92 Å². The first-order valence-corrected chi connectivity index (χ1v) is 11.0. The van der Waals surface area contributed by atoms with Gasteiger partial charge in [0.05, 0.1) is 6.61 Å². The monoisotopic (exact) mass is 467 g/mol. The molecule has 0 saturated carbocycles.